The van der Waals surface area contributed by atoms with Crippen molar-refractivity contribution < 1.29 is 59.3 Å². The van der Waals surface area contributed by atoms with E-state index >= 15 is 0 Å². The predicted octanol–water partition coefficient (Wildman–Crippen LogP) is 26.0. The molecular weight excluding hydrogens is 1620 g/mol. The van der Waals surface area contributed by atoms with Crippen LogP contribution in [-0.2, 0) is 59.4 Å². The quantitative estimate of drug-likeness (QED) is 0.0631. The van der Waals surface area contributed by atoms with Gasteiger partial charge >= 0.3 is 0 Å². The lowest BCUT2D eigenvalue weighted by atomic mass is 9.77. The van der Waals surface area contributed by atoms with Gasteiger partial charge in [-0.1, -0.05) is 294 Å². The van der Waals surface area contributed by atoms with Gasteiger partial charge in [0.15, 0.2) is 39.3 Å². The van der Waals surface area contributed by atoms with Crippen molar-refractivity contribution in [2.45, 2.75) is 378 Å². The van der Waals surface area contributed by atoms with Crippen molar-refractivity contribution in [2.24, 2.45) is 82.2 Å². The van der Waals surface area contributed by atoms with E-state index in [-0.39, 0.29) is 140 Å². The molecular formula is C97H188F2N2O12S6. The van der Waals surface area contributed by atoms with Crippen molar-refractivity contribution in [3.8, 4) is 0 Å². The minimum absolute atomic E-state index is 0.0666. The van der Waals surface area contributed by atoms with E-state index in [2.05, 4.69) is 215 Å². The average Bonchev–Trinajstić information content (AvgIpc) is 1.60. The maximum Gasteiger partial charge on any atom is 0.213 e. The lowest BCUT2D eigenvalue weighted by Gasteiger charge is -2.34. The lowest BCUT2D eigenvalue weighted by Crippen LogP contribution is -2.39. The first-order valence-electron chi connectivity index (χ1n) is 44.6. The largest absolute Gasteiger partial charge is 0.229 e. The maximum atomic E-state index is 13.1. The summed E-state index contributed by atoms with van der Waals surface area (Å²) in [4.78, 5) is 0. The maximum absolute atomic E-state index is 13.1. The molecule has 1 saturated carbocycles. The van der Waals surface area contributed by atoms with E-state index in [0.29, 0.717) is 48.9 Å². The van der Waals surface area contributed by atoms with E-state index < -0.39 is 59.4 Å². The van der Waals surface area contributed by atoms with Crippen molar-refractivity contribution in [2.75, 3.05) is 84.7 Å². The molecule has 0 spiro atoms. The highest BCUT2D eigenvalue weighted by atomic mass is 32.2. The van der Waals surface area contributed by atoms with Gasteiger partial charge in [-0.15, -0.1) is 0 Å². The third kappa shape index (κ3) is 61.1. The summed E-state index contributed by atoms with van der Waals surface area (Å²) in [7, 11) is -14.8. The van der Waals surface area contributed by atoms with E-state index in [1.54, 1.807) is 42.7 Å². The van der Waals surface area contributed by atoms with Gasteiger partial charge in [-0.3, -0.25) is 0 Å². The van der Waals surface area contributed by atoms with Crippen LogP contribution in [0.4, 0.5) is 8.78 Å². The van der Waals surface area contributed by atoms with Gasteiger partial charge in [0.1, 0.15) is 11.6 Å². The van der Waals surface area contributed by atoms with Gasteiger partial charge in [-0.2, -0.15) is 0 Å². The Morgan fingerprint density at radius 2 is 0.571 bits per heavy atom. The summed E-state index contributed by atoms with van der Waals surface area (Å²) in [6.45, 7) is 81.9. The third-order valence-electron chi connectivity index (χ3n) is 22.9. The molecule has 119 heavy (non-hydrogen) atoms. The van der Waals surface area contributed by atoms with Gasteiger partial charge < -0.3 is 0 Å². The first-order chi connectivity index (χ1) is 52.4. The van der Waals surface area contributed by atoms with Crippen LogP contribution in [0.1, 0.15) is 389 Å². The van der Waals surface area contributed by atoms with E-state index in [1.165, 1.54) is 28.6 Å². The van der Waals surface area contributed by atoms with Crippen molar-refractivity contribution in [1.29, 1.82) is 0 Å². The summed E-state index contributed by atoms with van der Waals surface area (Å²) in [5.74, 6) is 2.17. The fraction of sp³-hybridized carbons (Fsp3) is 0.876. The highest BCUT2D eigenvalue weighted by Gasteiger charge is 2.53. The summed E-state index contributed by atoms with van der Waals surface area (Å²) in [6.07, 6.45) is 14.2. The third-order valence-corrected chi connectivity index (χ3v) is 34.0. The highest BCUT2D eigenvalue weighted by Crippen LogP contribution is 2.59. The van der Waals surface area contributed by atoms with Crippen LogP contribution in [0.2, 0.25) is 0 Å². The molecule has 1 unspecified atom stereocenters. The minimum Gasteiger partial charge on any atom is -0.229 e. The minimum atomic E-state index is -3.14. The first kappa shape index (κ1) is 121. The SMILES string of the molecule is CC(C)(C)CCCS(=O)(=O)CC(c1ccc(F)cc1)C(C)(C)C.CC(C)(C)CCCS(=O)(=O)C[C@H](c1ccc(F)cc1)C(C)(C)C.CC[C@@H](CS(=O)(=O)CCCC(C)(C)C)C(C)(C)C.CN(CC1(C(C)(C)C)CC1)S(=O)(=O)CCCC(C)(C)C.CN(CCC(C)(C)C)S(=O)(=O)CCCC(C)(C)C.C[C@H](CS(=O)(=O)CCCC(C)(C)C)C(C)(C)C. The van der Waals surface area contributed by atoms with Crippen LogP contribution < -0.4 is 0 Å². The van der Waals surface area contributed by atoms with Crippen LogP contribution >= 0.6 is 0 Å². The second-order valence-corrected chi connectivity index (χ2v) is 62.5. The molecule has 22 heteroatoms. The van der Waals surface area contributed by atoms with Crippen molar-refractivity contribution in [3.05, 3.63) is 71.3 Å². The topological polar surface area (TPSA) is 211 Å². The van der Waals surface area contributed by atoms with E-state index in [1.807, 2.05) is 48.5 Å². The molecule has 0 heterocycles. The lowest BCUT2D eigenvalue weighted by molar-refractivity contribution is 0.182. The number of hydrogen-bond acceptors (Lipinski definition) is 12. The summed E-state index contributed by atoms with van der Waals surface area (Å²) < 4.78 is 177. The van der Waals surface area contributed by atoms with Crippen LogP contribution in [0.5, 0.6) is 0 Å². The number of rotatable bonds is 35. The molecule has 0 aromatic heterocycles. The van der Waals surface area contributed by atoms with Gasteiger partial charge in [-0.05, 0) is 214 Å². The van der Waals surface area contributed by atoms with Crippen LogP contribution in [0.25, 0.3) is 0 Å². The zero-order valence-corrected chi connectivity index (χ0v) is 89.1. The van der Waals surface area contributed by atoms with Crippen molar-refractivity contribution in [1.82, 2.24) is 8.61 Å². The number of benzene rings is 2. The Morgan fingerprint density at radius 3 is 0.790 bits per heavy atom. The Morgan fingerprint density at radius 1 is 0.328 bits per heavy atom. The molecule has 1 fully saturated rings. The number of sulfonamides is 2. The standard InChI is InChI=1S/2C19H31FO2S.C16H33NO2S.C15H32O2S.C14H31NO2S.C14H30O2S/c2*1-18(2,3)12-7-13-23(21,22)14-17(19(4,5)6)15-8-10-16(20)11-9-15;1-14(2,3)9-8-12-20(18,19)17(7)13-16(10-11-16)15(4,5)6;1-8-13(15(5,6)7)12-18(16,17)11-9-10-14(2,3)4;1-13(2,3)9-8-12-18(16,17)15(7)11-10-14(4,5)6;1-12(14(5,6)7)11-17(15,16)10-8-9-13(2,3)4/h2*8-11,17H,7,12-14H2,1-6H3;8-13H2,1-7H3;13H,8-12H2,1-7H3;8-12H2,1-7H3;12H,8-11H2,1-7H3/t17-;;;13-;;12-/m1..0.1/s1. The van der Waals surface area contributed by atoms with Crippen molar-refractivity contribution >= 4 is 59.4 Å². The molecule has 0 radical (unpaired) electrons. The zero-order valence-electron chi connectivity index (χ0n) is 84.2. The molecule has 0 amide bonds. The molecule has 0 saturated heterocycles. The van der Waals surface area contributed by atoms with E-state index in [0.717, 1.165) is 101 Å². The fourth-order valence-corrected chi connectivity index (χ4v) is 23.9. The average molecular weight is 1800 g/mol. The number of halogens is 2. The highest BCUT2D eigenvalue weighted by molar-refractivity contribution is 7.92. The predicted molar refractivity (Wildman–Crippen MR) is 514 cm³/mol. The number of sulfone groups is 4. The van der Waals surface area contributed by atoms with Crippen molar-refractivity contribution in [3.63, 3.8) is 0 Å². The molecule has 1 aliphatic carbocycles. The molecule has 0 N–H and O–H groups in total. The molecule has 2 aromatic carbocycles. The smallest absolute Gasteiger partial charge is 0.213 e. The number of hydrogen-bond donors (Lipinski definition) is 0. The Kier molecular flexibility index (Phi) is 49.2. The summed E-state index contributed by atoms with van der Waals surface area (Å²) in [6, 6.07) is 12.4. The molecule has 4 atom stereocenters. The van der Waals surface area contributed by atoms with Crippen LogP contribution in [0.15, 0.2) is 48.5 Å². The van der Waals surface area contributed by atoms with Gasteiger partial charge in [0, 0.05) is 39.0 Å². The van der Waals surface area contributed by atoms with E-state index in [4.69, 9.17) is 0 Å². The Balaban J connectivity index is -0.00000136. The zero-order chi connectivity index (χ0) is 94.7. The normalized spacial score (nSPS) is 15.8. The molecule has 708 valence electrons. The Bertz CT molecular complexity index is 3790. The van der Waals surface area contributed by atoms with Gasteiger partial charge in [0.25, 0.3) is 0 Å². The summed E-state index contributed by atoms with van der Waals surface area (Å²) in [5, 5.41) is 0. The van der Waals surface area contributed by atoms with Crippen LogP contribution in [0.3, 0.4) is 0 Å². The van der Waals surface area contributed by atoms with Crippen LogP contribution in [-0.4, -0.2) is 144 Å². The molecule has 3 rings (SSSR count). The summed E-state index contributed by atoms with van der Waals surface area (Å²) in [5.41, 5.74) is 3.23. The molecule has 0 bridgehead atoms. The molecule has 2 aromatic rings. The Labute approximate surface area is 737 Å². The first-order valence-corrected chi connectivity index (χ1v) is 55.1. The monoisotopic (exact) mass is 1800 g/mol. The van der Waals surface area contributed by atoms with Gasteiger partial charge in [0.2, 0.25) is 20.0 Å². The summed E-state index contributed by atoms with van der Waals surface area (Å²) >= 11 is 0. The van der Waals surface area contributed by atoms with Crippen LogP contribution in [0, 0.1) is 93.9 Å². The second-order valence-electron chi connectivity index (χ2n) is 49.2. The molecule has 1 aliphatic rings. The van der Waals surface area contributed by atoms with Gasteiger partial charge in [0.05, 0.1) is 57.5 Å². The second kappa shape index (κ2) is 48.4. The molecule has 14 nitrogen and oxygen atoms in total. The Hall–Kier alpha value is -2.08. The van der Waals surface area contributed by atoms with Gasteiger partial charge in [-0.25, -0.2) is 67.9 Å². The fourth-order valence-electron chi connectivity index (χ4n) is 13.5. The number of nitrogens with zero attached hydrogens (tertiary/aromatic N) is 2. The van der Waals surface area contributed by atoms with E-state index in [9.17, 15) is 59.3 Å². The molecule has 0 aliphatic heterocycles.